The summed E-state index contributed by atoms with van der Waals surface area (Å²) >= 11 is 0. The van der Waals surface area contributed by atoms with E-state index in [1.165, 1.54) is 10.6 Å². The fraction of sp³-hybridized carbons (Fsp3) is 0.278. The normalized spacial score (nSPS) is 16.4. The number of esters is 1. The van der Waals surface area contributed by atoms with Crippen LogP contribution in [0.2, 0.25) is 0 Å². The lowest BCUT2D eigenvalue weighted by atomic mass is 10.1. The lowest BCUT2D eigenvalue weighted by molar-refractivity contribution is 0.0734. The minimum atomic E-state index is -3.35. The van der Waals surface area contributed by atoms with E-state index in [0.29, 0.717) is 29.2 Å². The van der Waals surface area contributed by atoms with Crippen molar-refractivity contribution in [1.29, 1.82) is 0 Å². The van der Waals surface area contributed by atoms with E-state index in [2.05, 4.69) is 0 Å². The summed E-state index contributed by atoms with van der Waals surface area (Å²) < 4.78 is 35.7. The molecule has 132 valence electrons. The minimum absolute atomic E-state index is 0.169. The second-order valence-corrected chi connectivity index (χ2v) is 7.88. The average Bonchev–Trinajstić information content (AvgIpc) is 2.90. The van der Waals surface area contributed by atoms with E-state index in [-0.39, 0.29) is 6.04 Å². The zero-order chi connectivity index (χ0) is 18.2. The third kappa shape index (κ3) is 3.46. The minimum Gasteiger partial charge on any atom is -0.497 e. The Labute approximate surface area is 147 Å². The quantitative estimate of drug-likeness (QED) is 0.618. The highest BCUT2D eigenvalue weighted by Crippen LogP contribution is 2.34. The zero-order valence-corrected chi connectivity index (χ0v) is 15.0. The number of anilines is 1. The van der Waals surface area contributed by atoms with Gasteiger partial charge in [-0.05, 0) is 61.4 Å². The molecule has 2 aromatic carbocycles. The van der Waals surface area contributed by atoms with Gasteiger partial charge in [-0.1, -0.05) is 0 Å². The van der Waals surface area contributed by atoms with Crippen LogP contribution in [0.15, 0.2) is 42.5 Å². The molecule has 0 saturated heterocycles. The summed E-state index contributed by atoms with van der Waals surface area (Å²) in [6, 6.07) is 11.5. The van der Waals surface area contributed by atoms with Crippen molar-refractivity contribution in [2.45, 2.75) is 19.4 Å². The molecule has 1 atom stereocenters. The first-order valence-corrected chi connectivity index (χ1v) is 9.63. The van der Waals surface area contributed by atoms with Crippen molar-refractivity contribution in [3.8, 4) is 11.5 Å². The van der Waals surface area contributed by atoms with E-state index in [1.807, 2.05) is 6.92 Å². The van der Waals surface area contributed by atoms with E-state index in [9.17, 15) is 13.2 Å². The summed E-state index contributed by atoms with van der Waals surface area (Å²) in [7, 11) is -1.79. The van der Waals surface area contributed by atoms with Crippen molar-refractivity contribution in [3.63, 3.8) is 0 Å². The van der Waals surface area contributed by atoms with Crippen LogP contribution in [0.1, 0.15) is 22.8 Å². The number of rotatable bonds is 4. The Morgan fingerprint density at radius 1 is 1.12 bits per heavy atom. The van der Waals surface area contributed by atoms with Gasteiger partial charge in [-0.2, -0.15) is 0 Å². The van der Waals surface area contributed by atoms with E-state index in [4.69, 9.17) is 9.47 Å². The van der Waals surface area contributed by atoms with Crippen LogP contribution in [-0.2, 0) is 16.4 Å². The summed E-state index contributed by atoms with van der Waals surface area (Å²) in [6.45, 7) is 1.84. The molecule has 1 unspecified atom stereocenters. The second kappa shape index (κ2) is 6.40. The molecule has 0 N–H and O–H groups in total. The molecular formula is C18H19NO5S. The van der Waals surface area contributed by atoms with E-state index >= 15 is 0 Å². The van der Waals surface area contributed by atoms with Gasteiger partial charge in [0.2, 0.25) is 10.0 Å². The Morgan fingerprint density at radius 3 is 2.36 bits per heavy atom. The number of ether oxygens (including phenoxy) is 2. The maximum Gasteiger partial charge on any atom is 0.343 e. The van der Waals surface area contributed by atoms with Crippen molar-refractivity contribution in [3.05, 3.63) is 53.6 Å². The largest absolute Gasteiger partial charge is 0.497 e. The molecule has 7 heteroatoms. The van der Waals surface area contributed by atoms with Crippen molar-refractivity contribution in [2.75, 3.05) is 17.7 Å². The molecule has 25 heavy (non-hydrogen) atoms. The van der Waals surface area contributed by atoms with Crippen LogP contribution in [0, 0.1) is 0 Å². The Bertz CT molecular complexity index is 906. The van der Waals surface area contributed by atoms with Gasteiger partial charge >= 0.3 is 5.97 Å². The number of nitrogens with zero attached hydrogens (tertiary/aromatic N) is 1. The van der Waals surface area contributed by atoms with Gasteiger partial charge in [-0.25, -0.2) is 13.2 Å². The second-order valence-electron chi connectivity index (χ2n) is 6.02. The number of carbonyl (C=O) groups excluding carboxylic acids is 1. The van der Waals surface area contributed by atoms with Gasteiger partial charge in [-0.15, -0.1) is 0 Å². The first-order valence-electron chi connectivity index (χ1n) is 7.78. The molecule has 6 nitrogen and oxygen atoms in total. The van der Waals surface area contributed by atoms with Crippen LogP contribution in [0.3, 0.4) is 0 Å². The molecule has 1 heterocycles. The highest BCUT2D eigenvalue weighted by Gasteiger charge is 2.32. The van der Waals surface area contributed by atoms with Gasteiger partial charge in [0.1, 0.15) is 11.5 Å². The Hall–Kier alpha value is -2.54. The molecule has 0 spiro atoms. The van der Waals surface area contributed by atoms with Crippen molar-refractivity contribution < 1.29 is 22.7 Å². The molecule has 0 saturated carbocycles. The molecule has 0 aliphatic carbocycles. The smallest absolute Gasteiger partial charge is 0.343 e. The van der Waals surface area contributed by atoms with Crippen LogP contribution < -0.4 is 13.8 Å². The third-order valence-electron chi connectivity index (χ3n) is 4.10. The first-order chi connectivity index (χ1) is 11.8. The predicted octanol–water partition coefficient (Wildman–Crippen LogP) is 2.63. The summed E-state index contributed by atoms with van der Waals surface area (Å²) in [5, 5.41) is 0. The van der Waals surface area contributed by atoms with Gasteiger partial charge in [-0.3, -0.25) is 4.31 Å². The van der Waals surface area contributed by atoms with Crippen molar-refractivity contribution in [1.82, 2.24) is 0 Å². The van der Waals surface area contributed by atoms with Crippen LogP contribution >= 0.6 is 0 Å². The number of hydrogen-bond acceptors (Lipinski definition) is 5. The molecule has 0 aromatic heterocycles. The Kier molecular flexibility index (Phi) is 4.43. The van der Waals surface area contributed by atoms with Gasteiger partial charge in [0.05, 0.1) is 24.6 Å². The maximum absolute atomic E-state index is 12.3. The third-order valence-corrected chi connectivity index (χ3v) is 5.37. The molecule has 2 aromatic rings. The lowest BCUT2D eigenvalue weighted by Crippen LogP contribution is -2.34. The van der Waals surface area contributed by atoms with E-state index in [1.54, 1.807) is 49.6 Å². The number of carbonyl (C=O) groups is 1. The van der Waals surface area contributed by atoms with Crippen LogP contribution in [0.4, 0.5) is 5.69 Å². The standard InChI is InChI=1S/C18H19NO5S/c1-12-10-14-11-13(4-9-17(14)19(12)25(3,21)22)18(20)24-16-7-5-15(23-2)6-8-16/h4-9,11-12H,10H2,1-3H3. The highest BCUT2D eigenvalue weighted by molar-refractivity contribution is 7.92. The molecule has 0 fully saturated rings. The summed E-state index contributed by atoms with van der Waals surface area (Å²) in [5.74, 6) is 0.600. The van der Waals surface area contributed by atoms with E-state index in [0.717, 1.165) is 5.56 Å². The molecule has 3 rings (SSSR count). The van der Waals surface area contributed by atoms with Gasteiger partial charge in [0, 0.05) is 6.04 Å². The van der Waals surface area contributed by atoms with Crippen LogP contribution in [0.25, 0.3) is 0 Å². The molecule has 1 aliphatic rings. The summed E-state index contributed by atoms with van der Waals surface area (Å²) in [6.07, 6.45) is 1.75. The number of benzene rings is 2. The Balaban J connectivity index is 1.82. The summed E-state index contributed by atoms with van der Waals surface area (Å²) in [4.78, 5) is 12.3. The van der Waals surface area contributed by atoms with Gasteiger partial charge in [0.25, 0.3) is 0 Å². The monoisotopic (exact) mass is 361 g/mol. The first kappa shape index (κ1) is 17.3. The predicted molar refractivity (Wildman–Crippen MR) is 94.9 cm³/mol. The van der Waals surface area contributed by atoms with Gasteiger partial charge < -0.3 is 9.47 Å². The fourth-order valence-electron chi connectivity index (χ4n) is 3.04. The molecule has 0 radical (unpaired) electrons. The van der Waals surface area contributed by atoms with Gasteiger partial charge in [0.15, 0.2) is 0 Å². The van der Waals surface area contributed by atoms with Crippen LogP contribution in [0.5, 0.6) is 11.5 Å². The number of sulfonamides is 1. The van der Waals surface area contributed by atoms with Crippen LogP contribution in [-0.4, -0.2) is 33.8 Å². The molecule has 1 aliphatic heterocycles. The summed E-state index contributed by atoms with van der Waals surface area (Å²) in [5.41, 5.74) is 1.83. The molecule has 0 bridgehead atoms. The molecule has 0 amide bonds. The SMILES string of the molecule is COc1ccc(OC(=O)c2ccc3c(c2)CC(C)N3S(C)(=O)=O)cc1. The molecular weight excluding hydrogens is 342 g/mol. The maximum atomic E-state index is 12.3. The number of methoxy groups -OCH3 is 1. The lowest BCUT2D eigenvalue weighted by Gasteiger charge is -2.21. The Morgan fingerprint density at radius 2 is 1.76 bits per heavy atom. The van der Waals surface area contributed by atoms with Crippen molar-refractivity contribution >= 4 is 21.7 Å². The average molecular weight is 361 g/mol. The zero-order valence-electron chi connectivity index (χ0n) is 14.2. The van der Waals surface area contributed by atoms with Crippen molar-refractivity contribution in [2.24, 2.45) is 0 Å². The van der Waals surface area contributed by atoms with E-state index < -0.39 is 16.0 Å². The highest BCUT2D eigenvalue weighted by atomic mass is 32.2. The number of hydrogen-bond donors (Lipinski definition) is 0. The number of fused-ring (bicyclic) bond motifs is 1. The topological polar surface area (TPSA) is 72.9 Å². The fourth-order valence-corrected chi connectivity index (χ4v) is 4.31.